The van der Waals surface area contributed by atoms with Crippen LogP contribution in [0.1, 0.15) is 13.3 Å². The van der Waals surface area contributed by atoms with E-state index >= 15 is 0 Å². The first-order valence-corrected chi connectivity index (χ1v) is 2.86. The van der Waals surface area contributed by atoms with E-state index in [0.29, 0.717) is 13.2 Å². The van der Waals surface area contributed by atoms with Crippen LogP contribution >= 0.6 is 0 Å². The lowest BCUT2D eigenvalue weighted by Crippen LogP contribution is -2.21. The van der Waals surface area contributed by atoms with Crippen molar-refractivity contribution in [1.82, 2.24) is 5.48 Å². The molecule has 4 heteroatoms. The highest BCUT2D eigenvalue weighted by Gasteiger charge is 1.87. The number of hydrogen-bond acceptors (Lipinski definition) is 3. The lowest BCUT2D eigenvalue weighted by Gasteiger charge is -1.99. The molecule has 0 rings (SSSR count). The Morgan fingerprint density at radius 3 is 2.89 bits per heavy atom. The molecule has 0 aliphatic rings. The summed E-state index contributed by atoms with van der Waals surface area (Å²) in [4.78, 5) is 14.8. The predicted octanol–water partition coefficient (Wildman–Crippen LogP) is -0.597. The van der Waals surface area contributed by atoms with E-state index < -0.39 is 0 Å². The summed E-state index contributed by atoms with van der Waals surface area (Å²) in [5.74, 6) is -0.188. The first-order valence-electron chi connectivity index (χ1n) is 2.86. The van der Waals surface area contributed by atoms with Crippen molar-refractivity contribution in [3.63, 3.8) is 0 Å². The van der Waals surface area contributed by atoms with Crippen LogP contribution in [0.25, 0.3) is 0 Å². The highest BCUT2D eigenvalue weighted by Crippen LogP contribution is 1.73. The summed E-state index contributed by atoms with van der Waals surface area (Å²) in [6.07, 6.45) is 0.764. The minimum Gasteiger partial charge on any atom is -0.330 e. The summed E-state index contributed by atoms with van der Waals surface area (Å²) >= 11 is 0. The van der Waals surface area contributed by atoms with Crippen molar-refractivity contribution in [2.45, 2.75) is 13.3 Å². The molecule has 0 atom stereocenters. The molecule has 0 aliphatic heterocycles. The van der Waals surface area contributed by atoms with E-state index in [1.54, 1.807) is 0 Å². The third-order valence-electron chi connectivity index (χ3n) is 0.666. The summed E-state index contributed by atoms with van der Waals surface area (Å²) in [5.41, 5.74) is 7.34. The van der Waals surface area contributed by atoms with Gasteiger partial charge >= 0.3 is 0 Å². The van der Waals surface area contributed by atoms with Crippen LogP contribution in [0.2, 0.25) is 0 Å². The van der Waals surface area contributed by atoms with Gasteiger partial charge < -0.3 is 5.73 Å². The maximum Gasteiger partial charge on any atom is 0.240 e. The SMILES string of the molecule is CC(=O)NOCCCN. The van der Waals surface area contributed by atoms with Gasteiger partial charge in [-0.25, -0.2) is 5.48 Å². The van der Waals surface area contributed by atoms with Crippen molar-refractivity contribution in [3.8, 4) is 0 Å². The third-order valence-corrected chi connectivity index (χ3v) is 0.666. The number of hydroxylamine groups is 1. The van der Waals surface area contributed by atoms with Gasteiger partial charge in [0.25, 0.3) is 0 Å². The van der Waals surface area contributed by atoms with E-state index in [4.69, 9.17) is 5.73 Å². The normalized spacial score (nSPS) is 9.11. The van der Waals surface area contributed by atoms with E-state index in [1.165, 1.54) is 6.92 Å². The lowest BCUT2D eigenvalue weighted by molar-refractivity contribution is -0.131. The van der Waals surface area contributed by atoms with Gasteiger partial charge in [-0.3, -0.25) is 9.63 Å². The van der Waals surface area contributed by atoms with Gasteiger partial charge in [-0.2, -0.15) is 0 Å². The minimum absolute atomic E-state index is 0.188. The van der Waals surface area contributed by atoms with Crippen molar-refractivity contribution in [2.24, 2.45) is 5.73 Å². The zero-order valence-corrected chi connectivity index (χ0v) is 5.52. The van der Waals surface area contributed by atoms with E-state index in [-0.39, 0.29) is 5.91 Å². The number of nitrogens with two attached hydrogens (primary N) is 1. The summed E-state index contributed by atoms with van der Waals surface area (Å²) < 4.78 is 0. The zero-order chi connectivity index (χ0) is 7.11. The first-order chi connectivity index (χ1) is 4.27. The fourth-order valence-corrected chi connectivity index (χ4v) is 0.308. The second-order valence-electron chi connectivity index (χ2n) is 1.65. The van der Waals surface area contributed by atoms with Crippen LogP contribution in [0.5, 0.6) is 0 Å². The van der Waals surface area contributed by atoms with Gasteiger partial charge in [-0.05, 0) is 13.0 Å². The molecule has 0 heterocycles. The van der Waals surface area contributed by atoms with Crippen molar-refractivity contribution >= 4 is 5.91 Å². The largest absolute Gasteiger partial charge is 0.330 e. The average Bonchev–Trinajstić information content (AvgIpc) is 1.80. The third kappa shape index (κ3) is 7.39. The minimum atomic E-state index is -0.188. The molecule has 0 aliphatic carbocycles. The highest BCUT2D eigenvalue weighted by molar-refractivity contribution is 5.71. The molecule has 0 bridgehead atoms. The van der Waals surface area contributed by atoms with Crippen LogP contribution in [0, 0.1) is 0 Å². The Morgan fingerprint density at radius 2 is 2.44 bits per heavy atom. The highest BCUT2D eigenvalue weighted by atomic mass is 16.6. The van der Waals surface area contributed by atoms with E-state index in [9.17, 15) is 4.79 Å². The van der Waals surface area contributed by atoms with Gasteiger partial charge in [0.15, 0.2) is 0 Å². The van der Waals surface area contributed by atoms with Crippen molar-refractivity contribution in [3.05, 3.63) is 0 Å². The first kappa shape index (κ1) is 8.39. The molecule has 54 valence electrons. The molecule has 0 unspecified atom stereocenters. The molecule has 0 spiro atoms. The molecule has 0 fully saturated rings. The molecule has 0 aromatic heterocycles. The maximum atomic E-state index is 10.1. The van der Waals surface area contributed by atoms with Crippen LogP contribution in [-0.2, 0) is 9.63 Å². The number of carbonyl (C=O) groups is 1. The Balaban J connectivity index is 2.83. The summed E-state index contributed by atoms with van der Waals surface area (Å²) in [7, 11) is 0. The van der Waals surface area contributed by atoms with Gasteiger partial charge in [0.2, 0.25) is 5.91 Å². The molecular formula is C5H12N2O2. The summed E-state index contributed by atoms with van der Waals surface area (Å²) in [6.45, 7) is 2.46. The number of carbonyl (C=O) groups excluding carboxylic acids is 1. The number of amides is 1. The van der Waals surface area contributed by atoms with Crippen molar-refractivity contribution < 1.29 is 9.63 Å². The molecule has 0 aromatic carbocycles. The number of nitrogens with one attached hydrogen (secondary N) is 1. The lowest BCUT2D eigenvalue weighted by atomic mass is 10.5. The molecule has 1 amide bonds. The van der Waals surface area contributed by atoms with E-state index in [0.717, 1.165) is 6.42 Å². The van der Waals surface area contributed by atoms with Gasteiger partial charge in [0.05, 0.1) is 6.61 Å². The molecule has 0 saturated heterocycles. The molecule has 0 saturated carbocycles. The van der Waals surface area contributed by atoms with Crippen LogP contribution < -0.4 is 11.2 Å². The van der Waals surface area contributed by atoms with Crippen LogP contribution in [0.3, 0.4) is 0 Å². The number of rotatable bonds is 4. The standard InChI is InChI=1S/C5H12N2O2/c1-5(8)7-9-4-2-3-6/h2-4,6H2,1H3,(H,7,8). The second-order valence-corrected chi connectivity index (χ2v) is 1.65. The van der Waals surface area contributed by atoms with E-state index in [1.807, 2.05) is 0 Å². The Hall–Kier alpha value is -0.610. The van der Waals surface area contributed by atoms with Crippen LogP contribution in [0.15, 0.2) is 0 Å². The topological polar surface area (TPSA) is 64.3 Å². The smallest absolute Gasteiger partial charge is 0.240 e. The number of hydrogen-bond donors (Lipinski definition) is 2. The van der Waals surface area contributed by atoms with Crippen molar-refractivity contribution in [2.75, 3.05) is 13.2 Å². The predicted molar refractivity (Wildman–Crippen MR) is 33.4 cm³/mol. The zero-order valence-electron chi connectivity index (χ0n) is 5.52. The van der Waals surface area contributed by atoms with Gasteiger partial charge in [-0.1, -0.05) is 0 Å². The summed E-state index contributed by atoms with van der Waals surface area (Å²) in [6, 6.07) is 0. The molecule has 0 radical (unpaired) electrons. The van der Waals surface area contributed by atoms with Crippen molar-refractivity contribution in [1.29, 1.82) is 0 Å². The maximum absolute atomic E-state index is 10.1. The molecule has 3 N–H and O–H groups in total. The Morgan fingerprint density at radius 1 is 1.78 bits per heavy atom. The van der Waals surface area contributed by atoms with Crippen LogP contribution in [0.4, 0.5) is 0 Å². The Kier molecular flexibility index (Phi) is 5.15. The second kappa shape index (κ2) is 5.53. The van der Waals surface area contributed by atoms with Crippen LogP contribution in [-0.4, -0.2) is 19.1 Å². The molecular weight excluding hydrogens is 120 g/mol. The molecule has 0 aromatic rings. The fraction of sp³-hybridized carbons (Fsp3) is 0.800. The van der Waals surface area contributed by atoms with Gasteiger partial charge in [0, 0.05) is 6.92 Å². The quantitative estimate of drug-likeness (QED) is 0.396. The fourth-order valence-electron chi connectivity index (χ4n) is 0.308. The van der Waals surface area contributed by atoms with E-state index in [2.05, 4.69) is 10.3 Å². The Bertz CT molecular complexity index is 85.0. The molecule has 9 heavy (non-hydrogen) atoms. The molecule has 4 nitrogen and oxygen atoms in total. The monoisotopic (exact) mass is 132 g/mol. The van der Waals surface area contributed by atoms with Gasteiger partial charge in [0.1, 0.15) is 0 Å². The summed E-state index contributed by atoms with van der Waals surface area (Å²) in [5, 5.41) is 0. The average molecular weight is 132 g/mol. The van der Waals surface area contributed by atoms with Gasteiger partial charge in [-0.15, -0.1) is 0 Å². The Labute approximate surface area is 54.3 Å².